The standard InChI is InChI=1S/C12H25NO2S/c1-7-10(9-16-6)13(5)11(14)8-15-12(2,3)4/h10H,7-9H2,1-6H3. The van der Waals surface area contributed by atoms with Gasteiger partial charge in [-0.15, -0.1) is 0 Å². The van der Waals surface area contributed by atoms with Crippen molar-refractivity contribution in [1.82, 2.24) is 4.90 Å². The molecule has 0 saturated heterocycles. The zero-order chi connectivity index (χ0) is 12.8. The van der Waals surface area contributed by atoms with E-state index >= 15 is 0 Å². The molecule has 0 N–H and O–H groups in total. The van der Waals surface area contributed by atoms with E-state index in [1.54, 1.807) is 11.8 Å². The van der Waals surface area contributed by atoms with Crippen LogP contribution in [0, 0.1) is 0 Å². The molecule has 16 heavy (non-hydrogen) atoms. The van der Waals surface area contributed by atoms with Gasteiger partial charge in [0.05, 0.1) is 5.60 Å². The molecule has 0 aliphatic rings. The van der Waals surface area contributed by atoms with Gasteiger partial charge in [-0.2, -0.15) is 11.8 Å². The van der Waals surface area contributed by atoms with Crippen LogP contribution in [0.4, 0.5) is 0 Å². The van der Waals surface area contributed by atoms with Crippen molar-refractivity contribution < 1.29 is 9.53 Å². The summed E-state index contributed by atoms with van der Waals surface area (Å²) in [5.74, 6) is 1.05. The fourth-order valence-corrected chi connectivity index (χ4v) is 2.12. The van der Waals surface area contributed by atoms with Crippen molar-refractivity contribution in [2.45, 2.75) is 45.8 Å². The molecule has 0 aromatic rings. The van der Waals surface area contributed by atoms with E-state index < -0.39 is 0 Å². The lowest BCUT2D eigenvalue weighted by Gasteiger charge is -2.28. The molecular formula is C12H25NO2S. The summed E-state index contributed by atoms with van der Waals surface area (Å²) in [6, 6.07) is 0.311. The SMILES string of the molecule is CCC(CSC)N(C)C(=O)COC(C)(C)C. The number of rotatable bonds is 6. The third-order valence-electron chi connectivity index (χ3n) is 2.40. The fourth-order valence-electron chi connectivity index (χ4n) is 1.28. The zero-order valence-corrected chi connectivity index (χ0v) is 12.2. The number of likely N-dealkylation sites (N-methyl/N-ethyl adjacent to an activating group) is 1. The molecule has 0 rings (SSSR count). The maximum atomic E-state index is 11.9. The number of amides is 1. The van der Waals surface area contributed by atoms with Gasteiger partial charge in [0.1, 0.15) is 6.61 Å². The Labute approximate surface area is 104 Å². The summed E-state index contributed by atoms with van der Waals surface area (Å²) < 4.78 is 5.49. The molecule has 0 aromatic carbocycles. The van der Waals surface area contributed by atoms with Gasteiger partial charge in [-0.3, -0.25) is 4.79 Å². The number of carbonyl (C=O) groups is 1. The Morgan fingerprint density at radius 1 is 1.44 bits per heavy atom. The molecule has 0 aromatic heterocycles. The van der Waals surface area contributed by atoms with Crippen LogP contribution in [0.25, 0.3) is 0 Å². The van der Waals surface area contributed by atoms with Crippen LogP contribution in [0.5, 0.6) is 0 Å². The van der Waals surface area contributed by atoms with Crippen LogP contribution in [-0.2, 0) is 9.53 Å². The second-order valence-corrected chi connectivity index (χ2v) is 5.83. The van der Waals surface area contributed by atoms with Crippen molar-refractivity contribution in [2.75, 3.05) is 25.7 Å². The van der Waals surface area contributed by atoms with Gasteiger partial charge in [0, 0.05) is 18.8 Å². The first-order valence-electron chi connectivity index (χ1n) is 5.70. The zero-order valence-electron chi connectivity index (χ0n) is 11.4. The topological polar surface area (TPSA) is 29.5 Å². The number of nitrogens with zero attached hydrogens (tertiary/aromatic N) is 1. The van der Waals surface area contributed by atoms with Gasteiger partial charge in [-0.1, -0.05) is 6.92 Å². The molecular weight excluding hydrogens is 222 g/mol. The summed E-state index contributed by atoms with van der Waals surface area (Å²) in [5.41, 5.74) is -0.252. The van der Waals surface area contributed by atoms with E-state index in [9.17, 15) is 4.79 Å². The third kappa shape index (κ3) is 6.38. The molecule has 0 saturated carbocycles. The number of thioether (sulfide) groups is 1. The van der Waals surface area contributed by atoms with E-state index in [1.165, 1.54) is 0 Å². The van der Waals surface area contributed by atoms with Gasteiger partial charge in [0.2, 0.25) is 5.91 Å². The molecule has 0 aliphatic heterocycles. The largest absolute Gasteiger partial charge is 0.366 e. The second kappa shape index (κ2) is 7.17. The van der Waals surface area contributed by atoms with Crippen LogP contribution in [0.2, 0.25) is 0 Å². The molecule has 0 radical (unpaired) electrons. The fraction of sp³-hybridized carbons (Fsp3) is 0.917. The summed E-state index contributed by atoms with van der Waals surface area (Å²) in [7, 11) is 1.86. The molecule has 1 atom stereocenters. The molecule has 0 bridgehead atoms. The first-order valence-corrected chi connectivity index (χ1v) is 7.09. The molecule has 96 valence electrons. The van der Waals surface area contributed by atoms with Gasteiger partial charge in [0.25, 0.3) is 0 Å². The van der Waals surface area contributed by atoms with Gasteiger partial charge < -0.3 is 9.64 Å². The second-order valence-electron chi connectivity index (χ2n) is 4.92. The smallest absolute Gasteiger partial charge is 0.248 e. The monoisotopic (exact) mass is 247 g/mol. The Morgan fingerprint density at radius 3 is 2.38 bits per heavy atom. The molecule has 1 unspecified atom stereocenters. The maximum Gasteiger partial charge on any atom is 0.248 e. The van der Waals surface area contributed by atoms with Crippen LogP contribution in [-0.4, -0.2) is 48.1 Å². The van der Waals surface area contributed by atoms with E-state index in [1.807, 2.05) is 32.7 Å². The molecule has 0 spiro atoms. The first-order chi connectivity index (χ1) is 7.31. The number of carbonyl (C=O) groups excluding carboxylic acids is 1. The minimum Gasteiger partial charge on any atom is -0.366 e. The highest BCUT2D eigenvalue weighted by atomic mass is 32.2. The highest BCUT2D eigenvalue weighted by Crippen LogP contribution is 2.11. The van der Waals surface area contributed by atoms with Gasteiger partial charge in [-0.05, 0) is 33.4 Å². The lowest BCUT2D eigenvalue weighted by molar-refractivity contribution is -0.141. The van der Waals surface area contributed by atoms with Crippen LogP contribution in [0.3, 0.4) is 0 Å². The average Bonchev–Trinajstić information content (AvgIpc) is 2.20. The Hall–Kier alpha value is -0.220. The van der Waals surface area contributed by atoms with Gasteiger partial charge >= 0.3 is 0 Å². The van der Waals surface area contributed by atoms with Crippen molar-refractivity contribution in [3.05, 3.63) is 0 Å². The van der Waals surface area contributed by atoms with Crippen molar-refractivity contribution in [3.8, 4) is 0 Å². The quantitative estimate of drug-likeness (QED) is 0.722. The van der Waals surface area contributed by atoms with E-state index in [2.05, 4.69) is 13.2 Å². The molecule has 0 heterocycles. The third-order valence-corrected chi connectivity index (χ3v) is 3.12. The predicted molar refractivity (Wildman–Crippen MR) is 70.9 cm³/mol. The number of hydrogen-bond donors (Lipinski definition) is 0. The van der Waals surface area contributed by atoms with E-state index in [0.29, 0.717) is 6.04 Å². The summed E-state index contributed by atoms with van der Waals surface area (Å²) in [4.78, 5) is 13.7. The van der Waals surface area contributed by atoms with Gasteiger partial charge in [-0.25, -0.2) is 0 Å². The summed E-state index contributed by atoms with van der Waals surface area (Å²) in [6.07, 6.45) is 3.05. The molecule has 4 heteroatoms. The van der Waals surface area contributed by atoms with Gasteiger partial charge in [0.15, 0.2) is 0 Å². The normalized spacial score (nSPS) is 13.6. The number of ether oxygens (including phenoxy) is 1. The maximum absolute atomic E-state index is 11.9. The van der Waals surface area contributed by atoms with E-state index in [0.717, 1.165) is 12.2 Å². The Morgan fingerprint density at radius 2 is 2.00 bits per heavy atom. The average molecular weight is 247 g/mol. The van der Waals surface area contributed by atoms with Crippen molar-refractivity contribution in [1.29, 1.82) is 0 Å². The van der Waals surface area contributed by atoms with Crippen molar-refractivity contribution >= 4 is 17.7 Å². The summed E-state index contributed by atoms with van der Waals surface area (Å²) in [5, 5.41) is 0. The number of hydrogen-bond acceptors (Lipinski definition) is 3. The van der Waals surface area contributed by atoms with Crippen LogP contribution in [0.15, 0.2) is 0 Å². The molecule has 1 amide bonds. The molecule has 0 aliphatic carbocycles. The highest BCUT2D eigenvalue weighted by molar-refractivity contribution is 7.98. The predicted octanol–water partition coefficient (Wildman–Crippen LogP) is 2.40. The minimum absolute atomic E-state index is 0.0656. The molecule has 0 fully saturated rings. The van der Waals surface area contributed by atoms with Crippen LogP contribution >= 0.6 is 11.8 Å². The Bertz CT molecular complexity index is 214. The summed E-state index contributed by atoms with van der Waals surface area (Å²) in [6.45, 7) is 8.15. The van der Waals surface area contributed by atoms with E-state index in [-0.39, 0.29) is 18.1 Å². The van der Waals surface area contributed by atoms with Crippen molar-refractivity contribution in [3.63, 3.8) is 0 Å². The first kappa shape index (κ1) is 15.8. The Kier molecular flexibility index (Phi) is 7.07. The van der Waals surface area contributed by atoms with E-state index in [4.69, 9.17) is 4.74 Å². The van der Waals surface area contributed by atoms with Crippen molar-refractivity contribution in [2.24, 2.45) is 0 Å². The van der Waals surface area contributed by atoms with Crippen LogP contribution < -0.4 is 0 Å². The highest BCUT2D eigenvalue weighted by Gasteiger charge is 2.20. The summed E-state index contributed by atoms with van der Waals surface area (Å²) >= 11 is 1.77. The minimum atomic E-state index is -0.252. The molecule has 3 nitrogen and oxygen atoms in total. The lowest BCUT2D eigenvalue weighted by atomic mass is 10.2. The lowest BCUT2D eigenvalue weighted by Crippen LogP contribution is -2.41. The van der Waals surface area contributed by atoms with Crippen LogP contribution in [0.1, 0.15) is 34.1 Å². The Balaban J connectivity index is 4.15.